The lowest BCUT2D eigenvalue weighted by atomic mass is 10.1. The van der Waals surface area contributed by atoms with Crippen LogP contribution >= 0.6 is 0 Å². The third-order valence-electron chi connectivity index (χ3n) is 6.57. The van der Waals surface area contributed by atoms with Crippen LogP contribution in [0.25, 0.3) is 16.3 Å². The van der Waals surface area contributed by atoms with Crippen molar-refractivity contribution in [3.8, 4) is 5.88 Å². The van der Waals surface area contributed by atoms with Crippen LogP contribution in [0.1, 0.15) is 27.2 Å². The molecule has 0 radical (unpaired) electrons. The smallest absolute Gasteiger partial charge is 0.256 e. The molecule has 0 aliphatic carbocycles. The Bertz CT molecular complexity index is 1800. The lowest BCUT2D eigenvalue weighted by Crippen LogP contribution is -2.46. The lowest BCUT2D eigenvalue weighted by Gasteiger charge is -2.17. The fourth-order valence-electron chi connectivity index (χ4n) is 4.51. The number of carbonyl (C=O) groups excluding carboxylic acids is 2. The first-order valence-corrected chi connectivity index (χ1v) is 12.6. The summed E-state index contributed by atoms with van der Waals surface area (Å²) in [4.78, 5) is 26.3. The molecule has 0 aliphatic rings. The molecule has 0 spiro atoms. The molecule has 210 valence electrons. The van der Waals surface area contributed by atoms with E-state index in [1.54, 1.807) is 38.1 Å². The van der Waals surface area contributed by atoms with E-state index in [0.29, 0.717) is 22.8 Å². The summed E-state index contributed by atoms with van der Waals surface area (Å²) in [5.41, 5.74) is 1.21. The van der Waals surface area contributed by atoms with Crippen molar-refractivity contribution in [1.29, 1.82) is 0 Å². The highest BCUT2D eigenvalue weighted by Gasteiger charge is 2.26. The Labute approximate surface area is 232 Å². The molecule has 0 aliphatic heterocycles. The molecule has 2 aromatic heterocycles. The molecule has 8 nitrogen and oxygen atoms in total. The zero-order chi connectivity index (χ0) is 29.3. The second kappa shape index (κ2) is 11.3. The summed E-state index contributed by atoms with van der Waals surface area (Å²) in [5, 5.41) is 21.4. The summed E-state index contributed by atoms with van der Waals surface area (Å²) in [7, 11) is 0. The van der Waals surface area contributed by atoms with Crippen LogP contribution in [0, 0.1) is 31.3 Å². The second-order valence-corrected chi connectivity index (χ2v) is 9.50. The number of aryl methyl sites for hydroxylation is 2. The van der Waals surface area contributed by atoms with Crippen molar-refractivity contribution in [1.82, 2.24) is 14.9 Å². The summed E-state index contributed by atoms with van der Waals surface area (Å²) in [5.74, 6) is -4.79. The first-order chi connectivity index (χ1) is 19.7. The Morgan fingerprint density at radius 1 is 0.976 bits per heavy atom. The van der Waals surface area contributed by atoms with Crippen LogP contribution in [-0.2, 0) is 11.4 Å². The molecule has 41 heavy (non-hydrogen) atoms. The van der Waals surface area contributed by atoms with Gasteiger partial charge in [0.25, 0.3) is 5.91 Å². The number of ether oxygens (including phenoxy) is 1. The Morgan fingerprint density at radius 3 is 2.46 bits per heavy atom. The predicted molar refractivity (Wildman–Crippen MR) is 146 cm³/mol. The molecule has 0 fully saturated rings. The molecule has 5 aromatic rings. The number of halogens is 3. The standard InChI is InChI=1S/C30H25F3N4O4/c1-16-11-25-27(17(2)36-37(25)26(12-16)41-15-21-22(31)9-10-23(32)28(21)33)30(40)35-24(14-38)29(39)34-20-8-7-18-5-3-4-6-19(18)13-20/h3-13,24,38H,14-15H2,1-2H3,(H,34,39)(H,35,40)/t24-/m0/s1. The molecule has 5 rings (SSSR count). The van der Waals surface area contributed by atoms with E-state index in [4.69, 9.17) is 4.74 Å². The quantitative estimate of drug-likeness (QED) is 0.235. The molecule has 0 saturated heterocycles. The van der Waals surface area contributed by atoms with Crippen LogP contribution in [0.3, 0.4) is 0 Å². The summed E-state index contributed by atoms with van der Waals surface area (Å²) >= 11 is 0. The van der Waals surface area contributed by atoms with Gasteiger partial charge in [0.15, 0.2) is 11.6 Å². The van der Waals surface area contributed by atoms with E-state index in [0.717, 1.165) is 16.8 Å². The first-order valence-electron chi connectivity index (χ1n) is 12.6. The highest BCUT2D eigenvalue weighted by molar-refractivity contribution is 6.06. The summed E-state index contributed by atoms with van der Waals surface area (Å²) < 4.78 is 48.7. The summed E-state index contributed by atoms with van der Waals surface area (Å²) in [6, 6.07) is 16.4. The highest BCUT2D eigenvalue weighted by Crippen LogP contribution is 2.26. The van der Waals surface area contributed by atoms with Crippen molar-refractivity contribution in [3.63, 3.8) is 0 Å². The average molecular weight is 563 g/mol. The number of fused-ring (bicyclic) bond motifs is 2. The molecular formula is C30H25F3N4O4. The average Bonchev–Trinajstić information content (AvgIpc) is 3.29. The zero-order valence-electron chi connectivity index (χ0n) is 22.0. The number of aliphatic hydroxyl groups is 1. The molecule has 2 heterocycles. The number of amides is 2. The minimum atomic E-state index is -1.36. The van der Waals surface area contributed by atoms with Gasteiger partial charge in [0.1, 0.15) is 18.5 Å². The van der Waals surface area contributed by atoms with Crippen LogP contribution < -0.4 is 15.4 Å². The molecule has 0 unspecified atom stereocenters. The third kappa shape index (κ3) is 5.57. The minimum absolute atomic E-state index is 0.0537. The van der Waals surface area contributed by atoms with Gasteiger partial charge in [-0.2, -0.15) is 9.61 Å². The van der Waals surface area contributed by atoms with E-state index < -0.39 is 54.1 Å². The van der Waals surface area contributed by atoms with Crippen molar-refractivity contribution in [2.45, 2.75) is 26.5 Å². The molecule has 0 saturated carbocycles. The van der Waals surface area contributed by atoms with Crippen molar-refractivity contribution < 1.29 is 32.6 Å². The van der Waals surface area contributed by atoms with Crippen molar-refractivity contribution in [2.24, 2.45) is 0 Å². The highest BCUT2D eigenvalue weighted by atomic mass is 19.2. The SMILES string of the molecule is Cc1cc(OCc2c(F)ccc(F)c2F)n2nc(C)c(C(=O)N[C@@H](CO)C(=O)Nc3ccc4ccccc4c3)c2c1. The second-order valence-electron chi connectivity index (χ2n) is 9.50. The van der Waals surface area contributed by atoms with Gasteiger partial charge < -0.3 is 20.5 Å². The van der Waals surface area contributed by atoms with E-state index in [-0.39, 0.29) is 17.1 Å². The monoisotopic (exact) mass is 562 g/mol. The van der Waals surface area contributed by atoms with Gasteiger partial charge in [-0.25, -0.2) is 13.2 Å². The van der Waals surface area contributed by atoms with Gasteiger partial charge in [0.05, 0.1) is 28.9 Å². The van der Waals surface area contributed by atoms with Crippen molar-refractivity contribution in [3.05, 3.63) is 107 Å². The van der Waals surface area contributed by atoms with Crippen LogP contribution in [0.2, 0.25) is 0 Å². The van der Waals surface area contributed by atoms with Crippen LogP contribution in [0.15, 0.2) is 66.7 Å². The van der Waals surface area contributed by atoms with Gasteiger partial charge in [-0.15, -0.1) is 0 Å². The summed E-state index contributed by atoms with van der Waals surface area (Å²) in [6.07, 6.45) is 0. The number of rotatable bonds is 8. The molecular weight excluding hydrogens is 537 g/mol. The fraction of sp³-hybridized carbons (Fsp3) is 0.167. The van der Waals surface area contributed by atoms with Gasteiger partial charge in [0, 0.05) is 11.8 Å². The first kappa shape index (κ1) is 27.7. The number of aromatic nitrogens is 2. The van der Waals surface area contributed by atoms with Gasteiger partial charge in [-0.1, -0.05) is 30.3 Å². The molecule has 11 heteroatoms. The van der Waals surface area contributed by atoms with Crippen LogP contribution in [0.5, 0.6) is 5.88 Å². The van der Waals surface area contributed by atoms with E-state index in [9.17, 15) is 27.9 Å². The number of nitrogens with zero attached hydrogens (tertiary/aromatic N) is 2. The maximum atomic E-state index is 14.1. The molecule has 1 atom stereocenters. The molecule has 3 N–H and O–H groups in total. The van der Waals surface area contributed by atoms with Crippen molar-refractivity contribution in [2.75, 3.05) is 11.9 Å². The van der Waals surface area contributed by atoms with Gasteiger partial charge in [-0.05, 0) is 60.5 Å². The van der Waals surface area contributed by atoms with E-state index in [1.807, 2.05) is 30.3 Å². The van der Waals surface area contributed by atoms with E-state index in [2.05, 4.69) is 15.7 Å². The number of aliphatic hydroxyl groups excluding tert-OH is 1. The lowest BCUT2D eigenvalue weighted by molar-refractivity contribution is -0.118. The number of pyridine rings is 1. The molecule has 0 bridgehead atoms. The van der Waals surface area contributed by atoms with E-state index >= 15 is 0 Å². The fourth-order valence-corrected chi connectivity index (χ4v) is 4.51. The Hall–Kier alpha value is -4.90. The van der Waals surface area contributed by atoms with E-state index in [1.165, 1.54) is 4.52 Å². The van der Waals surface area contributed by atoms with Gasteiger partial charge in [0.2, 0.25) is 11.8 Å². The van der Waals surface area contributed by atoms with Gasteiger partial charge >= 0.3 is 0 Å². The Balaban J connectivity index is 1.37. The third-order valence-corrected chi connectivity index (χ3v) is 6.57. The molecule has 2 amide bonds. The number of hydrogen-bond acceptors (Lipinski definition) is 5. The Kier molecular flexibility index (Phi) is 7.62. The predicted octanol–water partition coefficient (Wildman–Crippen LogP) is 4.83. The number of nitrogens with one attached hydrogen (secondary N) is 2. The zero-order valence-corrected chi connectivity index (χ0v) is 22.0. The van der Waals surface area contributed by atoms with Crippen molar-refractivity contribution >= 4 is 33.8 Å². The summed E-state index contributed by atoms with van der Waals surface area (Å²) in [6.45, 7) is 1.99. The van der Waals surface area contributed by atoms with Crippen LogP contribution in [0.4, 0.5) is 18.9 Å². The number of hydrogen-bond donors (Lipinski definition) is 3. The number of anilines is 1. The minimum Gasteiger partial charge on any atom is -0.473 e. The maximum Gasteiger partial charge on any atom is 0.256 e. The van der Waals surface area contributed by atoms with Crippen LogP contribution in [-0.4, -0.2) is 39.2 Å². The molecule has 3 aromatic carbocycles. The largest absolute Gasteiger partial charge is 0.473 e. The topological polar surface area (TPSA) is 105 Å². The number of carbonyl (C=O) groups is 2. The normalized spacial score (nSPS) is 12.0. The maximum absolute atomic E-state index is 14.1. The Morgan fingerprint density at radius 2 is 1.71 bits per heavy atom. The van der Waals surface area contributed by atoms with Gasteiger partial charge in [-0.3, -0.25) is 9.59 Å². The number of benzene rings is 3.